The maximum absolute atomic E-state index is 11.9. The normalized spacial score (nSPS) is 8.50. The lowest BCUT2D eigenvalue weighted by Crippen LogP contribution is -1.70. The first-order valence-corrected chi connectivity index (χ1v) is 2.72. The van der Waals surface area contributed by atoms with Crippen LogP contribution in [0.3, 0.4) is 0 Å². The van der Waals surface area contributed by atoms with Crippen molar-refractivity contribution in [3.8, 4) is 6.07 Å². The van der Waals surface area contributed by atoms with Crippen LogP contribution >= 0.6 is 11.3 Å². The van der Waals surface area contributed by atoms with Crippen molar-refractivity contribution in [3.63, 3.8) is 0 Å². The summed E-state index contributed by atoms with van der Waals surface area (Å²) in [5.74, 6) is -0.577. The minimum atomic E-state index is -0.577. The van der Waals surface area contributed by atoms with Gasteiger partial charge < -0.3 is 0 Å². The standard InChI is InChI=1S/C4HFN2S/c5-3-2-8-4(1-6)7-3/h2H. The van der Waals surface area contributed by atoms with Crippen molar-refractivity contribution < 1.29 is 4.39 Å². The van der Waals surface area contributed by atoms with E-state index in [1.165, 1.54) is 5.38 Å². The Kier molecular flexibility index (Phi) is 1.22. The molecule has 1 rings (SSSR count). The molecule has 0 amide bonds. The Hall–Kier alpha value is -0.950. The molecule has 0 unspecified atom stereocenters. The molecule has 0 aliphatic rings. The van der Waals surface area contributed by atoms with Gasteiger partial charge in [0.1, 0.15) is 6.07 Å². The number of nitrogens with zero attached hydrogens (tertiary/aromatic N) is 2. The molecule has 1 heterocycles. The van der Waals surface area contributed by atoms with Gasteiger partial charge in [-0.15, -0.1) is 11.3 Å². The summed E-state index contributed by atoms with van der Waals surface area (Å²) in [6, 6.07) is 1.72. The summed E-state index contributed by atoms with van der Waals surface area (Å²) in [6.07, 6.45) is 0. The fraction of sp³-hybridized carbons (Fsp3) is 0. The van der Waals surface area contributed by atoms with E-state index in [2.05, 4.69) is 4.98 Å². The maximum Gasteiger partial charge on any atom is 0.224 e. The molecule has 0 aliphatic heterocycles. The summed E-state index contributed by atoms with van der Waals surface area (Å²) in [4.78, 5) is 3.22. The average molecular weight is 128 g/mol. The zero-order chi connectivity index (χ0) is 5.98. The highest BCUT2D eigenvalue weighted by atomic mass is 32.1. The molecule has 4 heteroatoms. The van der Waals surface area contributed by atoms with Crippen LogP contribution in [0.4, 0.5) is 4.39 Å². The van der Waals surface area contributed by atoms with Gasteiger partial charge in [0.15, 0.2) is 5.01 Å². The molecule has 1 aromatic rings. The van der Waals surface area contributed by atoms with Crippen LogP contribution in [0.2, 0.25) is 0 Å². The fourth-order valence-corrected chi connectivity index (χ4v) is 0.760. The Morgan fingerprint density at radius 1 is 1.88 bits per heavy atom. The van der Waals surface area contributed by atoms with Gasteiger partial charge in [-0.05, 0) is 0 Å². The van der Waals surface area contributed by atoms with Crippen molar-refractivity contribution >= 4 is 11.3 Å². The minimum absolute atomic E-state index is 0.169. The molecule has 0 spiro atoms. The summed E-state index contributed by atoms with van der Waals surface area (Å²) < 4.78 is 11.9. The SMILES string of the molecule is N#Cc1nc(F)cs1. The highest BCUT2D eigenvalue weighted by molar-refractivity contribution is 7.10. The van der Waals surface area contributed by atoms with Gasteiger partial charge in [-0.3, -0.25) is 0 Å². The van der Waals surface area contributed by atoms with Crippen LogP contribution in [0.15, 0.2) is 5.38 Å². The number of aromatic nitrogens is 1. The molecule has 0 saturated heterocycles. The van der Waals surface area contributed by atoms with E-state index < -0.39 is 5.95 Å². The first kappa shape index (κ1) is 5.19. The highest BCUT2D eigenvalue weighted by Gasteiger charge is 1.95. The number of thiazole rings is 1. The highest BCUT2D eigenvalue weighted by Crippen LogP contribution is 2.04. The van der Waals surface area contributed by atoms with E-state index in [0.717, 1.165) is 11.3 Å². The average Bonchev–Trinajstić information content (AvgIpc) is 2.14. The lowest BCUT2D eigenvalue weighted by Gasteiger charge is -1.65. The van der Waals surface area contributed by atoms with Gasteiger partial charge >= 0.3 is 0 Å². The van der Waals surface area contributed by atoms with E-state index in [0.29, 0.717) is 0 Å². The van der Waals surface area contributed by atoms with E-state index in [-0.39, 0.29) is 5.01 Å². The van der Waals surface area contributed by atoms with Gasteiger partial charge in [0, 0.05) is 5.38 Å². The molecule has 1 aromatic heterocycles. The monoisotopic (exact) mass is 128 g/mol. The Morgan fingerprint density at radius 3 is 2.88 bits per heavy atom. The van der Waals surface area contributed by atoms with Crippen molar-refractivity contribution in [1.82, 2.24) is 4.98 Å². The third-order valence-corrected chi connectivity index (χ3v) is 1.29. The van der Waals surface area contributed by atoms with E-state index in [1.807, 2.05) is 0 Å². The smallest absolute Gasteiger partial charge is 0.197 e. The second-order valence-corrected chi connectivity index (χ2v) is 1.95. The van der Waals surface area contributed by atoms with Crippen LogP contribution in [-0.2, 0) is 0 Å². The molecule has 0 aromatic carbocycles. The quantitative estimate of drug-likeness (QED) is 0.525. The van der Waals surface area contributed by atoms with Gasteiger partial charge in [-0.1, -0.05) is 0 Å². The Balaban J connectivity index is 3.05. The predicted octanol–water partition coefficient (Wildman–Crippen LogP) is 1.15. The van der Waals surface area contributed by atoms with Gasteiger partial charge in [-0.2, -0.15) is 14.6 Å². The van der Waals surface area contributed by atoms with Gasteiger partial charge in [-0.25, -0.2) is 0 Å². The molecular weight excluding hydrogens is 127 g/mol. The number of rotatable bonds is 0. The third kappa shape index (κ3) is 0.820. The van der Waals surface area contributed by atoms with Crippen molar-refractivity contribution in [2.24, 2.45) is 0 Å². The number of halogens is 1. The van der Waals surface area contributed by atoms with E-state index in [4.69, 9.17) is 5.26 Å². The Labute approximate surface area is 49.2 Å². The van der Waals surface area contributed by atoms with Gasteiger partial charge in [0.2, 0.25) is 5.95 Å². The topological polar surface area (TPSA) is 36.7 Å². The Bertz CT molecular complexity index is 224. The fourth-order valence-electron chi connectivity index (χ4n) is 0.306. The number of hydrogen-bond acceptors (Lipinski definition) is 3. The van der Waals surface area contributed by atoms with E-state index in [1.54, 1.807) is 6.07 Å². The summed E-state index contributed by atoms with van der Waals surface area (Å²) in [7, 11) is 0. The molecule has 0 radical (unpaired) electrons. The molecule has 0 atom stereocenters. The zero-order valence-electron chi connectivity index (χ0n) is 3.76. The zero-order valence-corrected chi connectivity index (χ0v) is 4.57. The van der Waals surface area contributed by atoms with E-state index >= 15 is 0 Å². The van der Waals surface area contributed by atoms with Gasteiger partial charge in [0.25, 0.3) is 0 Å². The van der Waals surface area contributed by atoms with Crippen LogP contribution in [0.5, 0.6) is 0 Å². The maximum atomic E-state index is 11.9. The largest absolute Gasteiger partial charge is 0.224 e. The minimum Gasteiger partial charge on any atom is -0.197 e. The summed E-state index contributed by atoms with van der Waals surface area (Å²) in [6.45, 7) is 0. The van der Waals surface area contributed by atoms with Crippen LogP contribution in [0.1, 0.15) is 5.01 Å². The molecule has 0 saturated carbocycles. The van der Waals surface area contributed by atoms with E-state index in [9.17, 15) is 4.39 Å². The van der Waals surface area contributed by atoms with Crippen molar-refractivity contribution in [1.29, 1.82) is 5.26 Å². The molecular formula is C4HFN2S. The van der Waals surface area contributed by atoms with Crippen LogP contribution < -0.4 is 0 Å². The summed E-state index contributed by atoms with van der Waals surface area (Å²) in [5, 5.41) is 9.44. The molecule has 8 heavy (non-hydrogen) atoms. The number of hydrogen-bond donors (Lipinski definition) is 0. The molecule has 2 nitrogen and oxygen atoms in total. The van der Waals surface area contributed by atoms with Crippen LogP contribution in [-0.4, -0.2) is 4.98 Å². The van der Waals surface area contributed by atoms with Crippen molar-refractivity contribution in [2.45, 2.75) is 0 Å². The van der Waals surface area contributed by atoms with Crippen LogP contribution in [0.25, 0.3) is 0 Å². The first-order chi connectivity index (χ1) is 3.83. The summed E-state index contributed by atoms with van der Waals surface area (Å²) >= 11 is 1.00. The van der Waals surface area contributed by atoms with Crippen molar-refractivity contribution in [3.05, 3.63) is 16.3 Å². The second-order valence-electron chi connectivity index (χ2n) is 1.09. The number of nitriles is 1. The molecule has 0 aliphatic carbocycles. The lowest BCUT2D eigenvalue weighted by atomic mass is 10.8. The third-order valence-electron chi connectivity index (χ3n) is 0.572. The lowest BCUT2D eigenvalue weighted by molar-refractivity contribution is 0.591. The molecule has 0 N–H and O–H groups in total. The predicted molar refractivity (Wildman–Crippen MR) is 26.8 cm³/mol. The molecule has 0 fully saturated rings. The Morgan fingerprint density at radius 2 is 2.62 bits per heavy atom. The van der Waals surface area contributed by atoms with Crippen molar-refractivity contribution in [2.75, 3.05) is 0 Å². The first-order valence-electron chi connectivity index (χ1n) is 1.84. The molecule has 40 valence electrons. The van der Waals surface area contributed by atoms with Gasteiger partial charge in [0.05, 0.1) is 0 Å². The summed E-state index contributed by atoms with van der Waals surface area (Å²) in [5.41, 5.74) is 0. The second kappa shape index (κ2) is 1.88. The van der Waals surface area contributed by atoms with Crippen LogP contribution in [0, 0.1) is 17.3 Å². The molecule has 0 bridgehead atoms.